The molecule has 1 aromatic carbocycles. The molecule has 0 saturated carbocycles. The fraction of sp³-hybridized carbons (Fsp3) is 0.118. The summed E-state index contributed by atoms with van der Waals surface area (Å²) < 4.78 is 5.00. The van der Waals surface area contributed by atoms with Gasteiger partial charge in [0.05, 0.1) is 12.0 Å². The number of aromatic amines is 1. The van der Waals surface area contributed by atoms with E-state index in [2.05, 4.69) is 20.8 Å². The molecule has 0 spiro atoms. The lowest BCUT2D eigenvalue weighted by molar-refractivity contribution is -0.117. The largest absolute Gasteiger partial charge is 0.459 e. The minimum Gasteiger partial charge on any atom is -0.459 e. The first-order valence-electron chi connectivity index (χ1n) is 7.38. The molecule has 0 bridgehead atoms. The van der Waals surface area contributed by atoms with E-state index in [1.165, 1.54) is 12.3 Å². The van der Waals surface area contributed by atoms with Crippen LogP contribution in [0.2, 0.25) is 0 Å². The van der Waals surface area contributed by atoms with Gasteiger partial charge in [0, 0.05) is 17.4 Å². The Morgan fingerprint density at radius 2 is 2.08 bits per heavy atom. The predicted octanol–water partition coefficient (Wildman–Crippen LogP) is 2.43. The number of nitrogens with one attached hydrogen (secondary N) is 3. The SMILES string of the molecule is CC(NC(=O)c1ccco1)C(=O)Nc1cccc(-c2ccn[nH]2)c1. The van der Waals surface area contributed by atoms with Crippen molar-refractivity contribution in [1.29, 1.82) is 0 Å². The van der Waals surface area contributed by atoms with Gasteiger partial charge in [0.15, 0.2) is 5.76 Å². The molecule has 7 nitrogen and oxygen atoms in total. The smallest absolute Gasteiger partial charge is 0.287 e. The average molecular weight is 324 g/mol. The van der Waals surface area contributed by atoms with Crippen molar-refractivity contribution < 1.29 is 14.0 Å². The van der Waals surface area contributed by atoms with Gasteiger partial charge in [-0.05, 0) is 37.3 Å². The zero-order valence-corrected chi connectivity index (χ0v) is 12.9. The molecule has 24 heavy (non-hydrogen) atoms. The molecule has 0 saturated heterocycles. The average Bonchev–Trinajstić information content (AvgIpc) is 3.28. The molecule has 122 valence electrons. The van der Waals surface area contributed by atoms with Crippen LogP contribution in [0.1, 0.15) is 17.5 Å². The van der Waals surface area contributed by atoms with Crippen molar-refractivity contribution in [2.45, 2.75) is 13.0 Å². The van der Waals surface area contributed by atoms with Crippen LogP contribution in [-0.4, -0.2) is 28.1 Å². The van der Waals surface area contributed by atoms with Crippen LogP contribution in [0.5, 0.6) is 0 Å². The third-order valence-corrected chi connectivity index (χ3v) is 3.43. The molecule has 7 heteroatoms. The molecule has 3 aromatic rings. The van der Waals surface area contributed by atoms with Crippen molar-refractivity contribution in [3.8, 4) is 11.3 Å². The van der Waals surface area contributed by atoms with Gasteiger partial charge in [-0.15, -0.1) is 0 Å². The molecule has 0 radical (unpaired) electrons. The molecule has 2 amide bonds. The van der Waals surface area contributed by atoms with Gasteiger partial charge in [0.2, 0.25) is 5.91 Å². The molecule has 1 atom stereocenters. The summed E-state index contributed by atoms with van der Waals surface area (Å²) in [6.45, 7) is 1.61. The van der Waals surface area contributed by atoms with Crippen molar-refractivity contribution in [3.05, 3.63) is 60.7 Å². The van der Waals surface area contributed by atoms with Crippen LogP contribution in [0.4, 0.5) is 5.69 Å². The number of benzene rings is 1. The first-order valence-corrected chi connectivity index (χ1v) is 7.38. The summed E-state index contributed by atoms with van der Waals surface area (Å²) in [7, 11) is 0. The molecule has 0 aliphatic carbocycles. The minimum atomic E-state index is -0.710. The van der Waals surface area contributed by atoms with E-state index in [4.69, 9.17) is 4.42 Å². The number of anilines is 1. The first kappa shape index (κ1) is 15.5. The van der Waals surface area contributed by atoms with Crippen LogP contribution < -0.4 is 10.6 Å². The summed E-state index contributed by atoms with van der Waals surface area (Å²) >= 11 is 0. The van der Waals surface area contributed by atoms with Gasteiger partial charge in [-0.1, -0.05) is 12.1 Å². The molecule has 0 fully saturated rings. The Balaban J connectivity index is 1.64. The number of rotatable bonds is 5. The van der Waals surface area contributed by atoms with Crippen LogP contribution in [0.3, 0.4) is 0 Å². The maximum Gasteiger partial charge on any atom is 0.287 e. The van der Waals surface area contributed by atoms with E-state index < -0.39 is 11.9 Å². The van der Waals surface area contributed by atoms with Crippen molar-refractivity contribution >= 4 is 17.5 Å². The number of hydrogen-bond donors (Lipinski definition) is 3. The second-order valence-corrected chi connectivity index (χ2v) is 5.21. The number of carbonyl (C=O) groups excluding carboxylic acids is 2. The monoisotopic (exact) mass is 324 g/mol. The van der Waals surface area contributed by atoms with E-state index in [1.54, 1.807) is 25.3 Å². The summed E-state index contributed by atoms with van der Waals surface area (Å²) in [6.07, 6.45) is 3.06. The zero-order valence-electron chi connectivity index (χ0n) is 12.9. The highest BCUT2D eigenvalue weighted by atomic mass is 16.3. The Morgan fingerprint density at radius 3 is 2.79 bits per heavy atom. The van der Waals surface area contributed by atoms with E-state index in [-0.39, 0.29) is 11.7 Å². The van der Waals surface area contributed by atoms with E-state index in [1.807, 2.05) is 24.3 Å². The summed E-state index contributed by atoms with van der Waals surface area (Å²) in [5.74, 6) is -0.596. The van der Waals surface area contributed by atoms with Crippen molar-refractivity contribution in [1.82, 2.24) is 15.5 Å². The Labute approximate surface area is 138 Å². The maximum absolute atomic E-state index is 12.2. The van der Waals surface area contributed by atoms with Gasteiger partial charge < -0.3 is 15.1 Å². The zero-order chi connectivity index (χ0) is 16.9. The van der Waals surface area contributed by atoms with Gasteiger partial charge in [-0.25, -0.2) is 0 Å². The maximum atomic E-state index is 12.2. The molecule has 3 rings (SSSR count). The van der Waals surface area contributed by atoms with Crippen LogP contribution in [0, 0.1) is 0 Å². The van der Waals surface area contributed by atoms with E-state index >= 15 is 0 Å². The number of carbonyl (C=O) groups is 2. The molecular weight excluding hydrogens is 308 g/mol. The van der Waals surface area contributed by atoms with Gasteiger partial charge >= 0.3 is 0 Å². The standard InChI is InChI=1S/C17H16N4O3/c1-11(19-17(23)15-6-3-9-24-15)16(22)20-13-5-2-4-12(10-13)14-7-8-18-21-14/h2-11H,1H3,(H,18,21)(H,19,23)(H,20,22). The Hall–Kier alpha value is -3.35. The lowest BCUT2D eigenvalue weighted by atomic mass is 10.1. The van der Waals surface area contributed by atoms with Crippen molar-refractivity contribution in [2.24, 2.45) is 0 Å². The summed E-state index contributed by atoms with van der Waals surface area (Å²) in [5.41, 5.74) is 2.38. The predicted molar refractivity (Wildman–Crippen MR) is 88.3 cm³/mol. The van der Waals surface area contributed by atoms with Gasteiger partial charge in [0.1, 0.15) is 6.04 Å². The van der Waals surface area contributed by atoms with E-state index in [9.17, 15) is 9.59 Å². The summed E-state index contributed by atoms with van der Waals surface area (Å²) in [5, 5.41) is 12.1. The number of nitrogens with zero attached hydrogens (tertiary/aromatic N) is 1. The van der Waals surface area contributed by atoms with E-state index in [0.29, 0.717) is 5.69 Å². The molecule has 0 aliphatic rings. The molecule has 2 aromatic heterocycles. The Morgan fingerprint density at radius 1 is 1.21 bits per heavy atom. The van der Waals surface area contributed by atoms with Gasteiger partial charge in [0.25, 0.3) is 5.91 Å². The van der Waals surface area contributed by atoms with Gasteiger partial charge in [-0.3, -0.25) is 14.7 Å². The second-order valence-electron chi connectivity index (χ2n) is 5.21. The molecule has 2 heterocycles. The van der Waals surface area contributed by atoms with Gasteiger partial charge in [-0.2, -0.15) is 5.10 Å². The lowest BCUT2D eigenvalue weighted by Gasteiger charge is -2.13. The normalized spacial score (nSPS) is 11.7. The number of hydrogen-bond acceptors (Lipinski definition) is 4. The highest BCUT2D eigenvalue weighted by Gasteiger charge is 2.18. The second kappa shape index (κ2) is 6.82. The number of furan rings is 1. The van der Waals surface area contributed by atoms with Crippen molar-refractivity contribution in [2.75, 3.05) is 5.32 Å². The van der Waals surface area contributed by atoms with Crippen LogP contribution >= 0.6 is 0 Å². The van der Waals surface area contributed by atoms with Crippen LogP contribution in [-0.2, 0) is 4.79 Å². The summed E-state index contributed by atoms with van der Waals surface area (Å²) in [4.78, 5) is 24.1. The Bertz CT molecular complexity index is 825. The molecule has 3 N–H and O–H groups in total. The fourth-order valence-corrected chi connectivity index (χ4v) is 2.17. The quantitative estimate of drug-likeness (QED) is 0.671. The third kappa shape index (κ3) is 3.52. The third-order valence-electron chi connectivity index (χ3n) is 3.43. The fourth-order valence-electron chi connectivity index (χ4n) is 2.17. The summed E-state index contributed by atoms with van der Waals surface area (Å²) in [6, 6.07) is 11.6. The van der Waals surface area contributed by atoms with Crippen LogP contribution in [0.15, 0.2) is 59.3 Å². The minimum absolute atomic E-state index is 0.163. The molecule has 0 aliphatic heterocycles. The highest BCUT2D eigenvalue weighted by Crippen LogP contribution is 2.20. The van der Waals surface area contributed by atoms with E-state index in [0.717, 1.165) is 11.3 Å². The highest BCUT2D eigenvalue weighted by molar-refractivity contribution is 6.00. The van der Waals surface area contributed by atoms with Crippen LogP contribution in [0.25, 0.3) is 11.3 Å². The lowest BCUT2D eigenvalue weighted by Crippen LogP contribution is -2.41. The number of aromatic nitrogens is 2. The number of H-pyrrole nitrogens is 1. The first-order chi connectivity index (χ1) is 11.6. The number of amides is 2. The topological polar surface area (TPSA) is 100 Å². The Kier molecular flexibility index (Phi) is 4.42. The molecule has 1 unspecified atom stereocenters. The molecular formula is C17H16N4O3. The van der Waals surface area contributed by atoms with Crippen molar-refractivity contribution in [3.63, 3.8) is 0 Å².